The lowest BCUT2D eigenvalue weighted by Gasteiger charge is -2.15. The lowest BCUT2D eigenvalue weighted by molar-refractivity contribution is -0.383. The molecule has 0 saturated carbocycles. The number of fused-ring (bicyclic) bond motifs is 1. The van der Waals surface area contributed by atoms with Gasteiger partial charge in [0.05, 0.1) is 10.3 Å². The van der Waals surface area contributed by atoms with Crippen LogP contribution < -0.4 is 11.3 Å². The highest BCUT2D eigenvalue weighted by atomic mass is 16.6. The van der Waals surface area contributed by atoms with E-state index in [1.165, 1.54) is 31.2 Å². The monoisotopic (exact) mass is 364 g/mol. The molecule has 136 valence electrons. The van der Waals surface area contributed by atoms with Gasteiger partial charge in [0.2, 0.25) is 5.91 Å². The highest BCUT2D eigenvalue weighted by Crippen LogP contribution is 2.23. The molecule has 0 bridgehead atoms. The molecule has 2 aromatic carbocycles. The van der Waals surface area contributed by atoms with Gasteiger partial charge in [-0.25, -0.2) is 4.98 Å². The molecule has 0 fully saturated rings. The third-order valence-electron chi connectivity index (χ3n) is 4.16. The van der Waals surface area contributed by atoms with E-state index in [2.05, 4.69) is 4.98 Å². The normalized spacial score (nSPS) is 12.3. The summed E-state index contributed by atoms with van der Waals surface area (Å²) < 4.78 is 1.15. The number of rotatable bonds is 5. The number of hydrogen-bond acceptors (Lipinski definition) is 5. The number of nitrogens with zero attached hydrogens (tertiary/aromatic N) is 3. The molecule has 27 heavy (non-hydrogen) atoms. The van der Waals surface area contributed by atoms with Crippen LogP contribution in [0, 0.1) is 10.1 Å². The number of amides is 1. The summed E-state index contributed by atoms with van der Waals surface area (Å²) in [5.41, 5.74) is 5.34. The smallest absolute Gasteiger partial charge is 0.295 e. The zero-order valence-electron chi connectivity index (χ0n) is 14.4. The van der Waals surface area contributed by atoms with Crippen molar-refractivity contribution in [2.75, 3.05) is 0 Å². The molecule has 3 aromatic rings. The van der Waals surface area contributed by atoms with Crippen molar-refractivity contribution in [2.45, 2.75) is 13.0 Å². The van der Waals surface area contributed by atoms with Crippen molar-refractivity contribution in [1.82, 2.24) is 9.55 Å². The Morgan fingerprint density at radius 3 is 2.52 bits per heavy atom. The molecule has 2 N–H and O–H groups in total. The van der Waals surface area contributed by atoms with Crippen molar-refractivity contribution >= 4 is 34.6 Å². The molecule has 1 amide bonds. The summed E-state index contributed by atoms with van der Waals surface area (Å²) in [7, 11) is 0. The first-order valence-corrected chi connectivity index (χ1v) is 8.12. The number of primary amides is 1. The van der Waals surface area contributed by atoms with Gasteiger partial charge in [-0.1, -0.05) is 42.5 Å². The van der Waals surface area contributed by atoms with Crippen LogP contribution in [0.3, 0.4) is 0 Å². The molecule has 1 heterocycles. The molecule has 0 spiro atoms. The van der Waals surface area contributed by atoms with Gasteiger partial charge in [0.25, 0.3) is 11.2 Å². The van der Waals surface area contributed by atoms with Crippen molar-refractivity contribution in [3.63, 3.8) is 0 Å². The maximum Gasteiger partial charge on any atom is 0.295 e. The van der Waals surface area contributed by atoms with Crippen LogP contribution in [0.2, 0.25) is 0 Å². The minimum Gasteiger partial charge on any atom is -0.368 e. The summed E-state index contributed by atoms with van der Waals surface area (Å²) >= 11 is 0. The van der Waals surface area contributed by atoms with E-state index < -0.39 is 22.4 Å². The van der Waals surface area contributed by atoms with Gasteiger partial charge in [-0.2, -0.15) is 0 Å². The third-order valence-corrected chi connectivity index (χ3v) is 4.16. The average molecular weight is 364 g/mol. The molecule has 8 heteroatoms. The topological polar surface area (TPSA) is 121 Å². The molecule has 1 aromatic heterocycles. The maximum absolute atomic E-state index is 12.9. The van der Waals surface area contributed by atoms with Crippen molar-refractivity contribution < 1.29 is 9.72 Å². The van der Waals surface area contributed by atoms with Gasteiger partial charge < -0.3 is 5.73 Å². The molecule has 0 radical (unpaired) electrons. The van der Waals surface area contributed by atoms with Crippen molar-refractivity contribution in [3.05, 3.63) is 80.4 Å². The van der Waals surface area contributed by atoms with Gasteiger partial charge in [-0.15, -0.1) is 0 Å². The number of nitrogens with two attached hydrogens (primary N) is 1. The Labute approximate surface area is 153 Å². The largest absolute Gasteiger partial charge is 0.368 e. The van der Waals surface area contributed by atoms with E-state index in [4.69, 9.17) is 5.73 Å². The molecule has 0 aliphatic heterocycles. The molecule has 0 saturated heterocycles. The van der Waals surface area contributed by atoms with Gasteiger partial charge in [-0.3, -0.25) is 24.3 Å². The number of carbonyl (C=O) groups is 1. The van der Waals surface area contributed by atoms with Gasteiger partial charge in [0, 0.05) is 6.07 Å². The highest BCUT2D eigenvalue weighted by molar-refractivity contribution is 5.88. The van der Waals surface area contributed by atoms with Gasteiger partial charge in [0.15, 0.2) is 5.52 Å². The second kappa shape index (κ2) is 7.20. The number of carbonyl (C=O) groups excluding carboxylic acids is 1. The van der Waals surface area contributed by atoms with E-state index in [9.17, 15) is 19.7 Å². The highest BCUT2D eigenvalue weighted by Gasteiger charge is 2.22. The maximum atomic E-state index is 12.9. The van der Waals surface area contributed by atoms with Crippen LogP contribution in [0.25, 0.3) is 23.1 Å². The van der Waals surface area contributed by atoms with Crippen LogP contribution in [-0.4, -0.2) is 20.4 Å². The van der Waals surface area contributed by atoms with Crippen LogP contribution in [0.15, 0.2) is 53.3 Å². The molecule has 0 aliphatic carbocycles. The average Bonchev–Trinajstić information content (AvgIpc) is 2.66. The van der Waals surface area contributed by atoms with Crippen molar-refractivity contribution in [1.29, 1.82) is 0 Å². The van der Waals surface area contributed by atoms with Gasteiger partial charge in [0.1, 0.15) is 11.9 Å². The summed E-state index contributed by atoms with van der Waals surface area (Å²) in [4.78, 5) is 39.6. The van der Waals surface area contributed by atoms with Crippen LogP contribution in [0.1, 0.15) is 24.4 Å². The van der Waals surface area contributed by atoms with E-state index in [0.29, 0.717) is 0 Å². The molecule has 1 atom stereocenters. The number of nitro groups is 1. The number of nitro benzene ring substituents is 1. The predicted octanol–water partition coefficient (Wildman–Crippen LogP) is 2.52. The van der Waals surface area contributed by atoms with Gasteiger partial charge in [-0.05, 0) is 24.6 Å². The zero-order valence-corrected chi connectivity index (χ0v) is 14.4. The zero-order chi connectivity index (χ0) is 19.6. The first kappa shape index (κ1) is 18.0. The Balaban J connectivity index is 2.31. The summed E-state index contributed by atoms with van der Waals surface area (Å²) in [5.74, 6) is -0.602. The molecular formula is C19H16N4O4. The van der Waals surface area contributed by atoms with E-state index in [-0.39, 0.29) is 22.4 Å². The lowest BCUT2D eigenvalue weighted by atomic mass is 10.1. The second-order valence-electron chi connectivity index (χ2n) is 5.90. The summed E-state index contributed by atoms with van der Waals surface area (Å²) in [6.07, 6.45) is 3.24. The van der Waals surface area contributed by atoms with Crippen LogP contribution >= 0.6 is 0 Å². The predicted molar refractivity (Wildman–Crippen MR) is 102 cm³/mol. The molecule has 0 aliphatic rings. The first-order chi connectivity index (χ1) is 12.9. The Kier molecular flexibility index (Phi) is 4.80. The third kappa shape index (κ3) is 3.45. The fourth-order valence-electron chi connectivity index (χ4n) is 2.72. The summed E-state index contributed by atoms with van der Waals surface area (Å²) in [6, 6.07) is 12.4. The van der Waals surface area contributed by atoms with Crippen molar-refractivity contribution in [3.8, 4) is 0 Å². The van der Waals surface area contributed by atoms with E-state index >= 15 is 0 Å². The lowest BCUT2D eigenvalue weighted by Crippen LogP contribution is -2.34. The number of benzene rings is 2. The quantitative estimate of drug-likeness (QED) is 0.551. The molecule has 8 nitrogen and oxygen atoms in total. The number of para-hydroxylation sites is 1. The summed E-state index contributed by atoms with van der Waals surface area (Å²) in [5, 5.41) is 11.4. The molecule has 3 rings (SSSR count). The van der Waals surface area contributed by atoms with Crippen LogP contribution in [0.5, 0.6) is 0 Å². The minimum absolute atomic E-state index is 0.0341. The first-order valence-electron chi connectivity index (χ1n) is 8.12. The SMILES string of the molecule is CC(C(N)=O)n1c(/C=C/c2ccccc2)nc2c([N+](=O)[O-])cccc2c1=O. The number of non-ortho nitro benzene ring substituents is 1. The Morgan fingerprint density at radius 2 is 1.89 bits per heavy atom. The minimum atomic E-state index is -0.968. The fourth-order valence-corrected chi connectivity index (χ4v) is 2.72. The van der Waals surface area contributed by atoms with E-state index in [0.717, 1.165) is 10.1 Å². The van der Waals surface area contributed by atoms with Gasteiger partial charge >= 0.3 is 0 Å². The van der Waals surface area contributed by atoms with Crippen LogP contribution in [0.4, 0.5) is 5.69 Å². The second-order valence-corrected chi connectivity index (χ2v) is 5.90. The Bertz CT molecular complexity index is 1120. The van der Waals surface area contributed by atoms with E-state index in [1.807, 2.05) is 30.3 Å². The summed E-state index contributed by atoms with van der Waals surface area (Å²) in [6.45, 7) is 1.48. The van der Waals surface area contributed by atoms with Crippen LogP contribution in [-0.2, 0) is 4.79 Å². The van der Waals surface area contributed by atoms with Crippen molar-refractivity contribution in [2.24, 2.45) is 5.73 Å². The molecular weight excluding hydrogens is 348 g/mol. The standard InChI is InChI=1S/C19H16N4O4/c1-12(18(20)24)22-16(11-10-13-6-3-2-4-7-13)21-17-14(19(22)25)8-5-9-15(17)23(26)27/h2-12H,1H3,(H2,20,24)/b11-10+. The Morgan fingerprint density at radius 1 is 1.19 bits per heavy atom. The van der Waals surface area contributed by atoms with E-state index in [1.54, 1.807) is 6.08 Å². The molecule has 1 unspecified atom stereocenters. The Hall–Kier alpha value is -3.81. The number of hydrogen-bond donors (Lipinski definition) is 1. The fraction of sp³-hybridized carbons (Fsp3) is 0.105. The number of aromatic nitrogens is 2.